The fourth-order valence-corrected chi connectivity index (χ4v) is 4.89. The summed E-state index contributed by atoms with van der Waals surface area (Å²) in [4.78, 5) is 30.9. The van der Waals surface area contributed by atoms with E-state index in [1.165, 1.54) is 0 Å². The molecule has 0 unspecified atom stereocenters. The number of ether oxygens (including phenoxy) is 2. The Hall–Kier alpha value is -3.28. The first-order chi connectivity index (χ1) is 13.7. The van der Waals surface area contributed by atoms with E-state index in [1.807, 2.05) is 36.4 Å². The molecule has 1 saturated heterocycles. The van der Waals surface area contributed by atoms with Gasteiger partial charge in [-0.3, -0.25) is 9.59 Å². The number of para-hydroxylation sites is 1. The van der Waals surface area contributed by atoms with Gasteiger partial charge in [-0.25, -0.2) is 0 Å². The van der Waals surface area contributed by atoms with Crippen molar-refractivity contribution in [1.29, 1.82) is 0 Å². The molecule has 0 aliphatic carbocycles. The molecule has 0 spiro atoms. The quantitative estimate of drug-likeness (QED) is 0.710. The Balaban J connectivity index is 1.61. The van der Waals surface area contributed by atoms with Gasteiger partial charge in [0.2, 0.25) is 12.7 Å². The van der Waals surface area contributed by atoms with Crippen molar-refractivity contribution < 1.29 is 19.1 Å². The van der Waals surface area contributed by atoms with E-state index in [0.29, 0.717) is 30.9 Å². The number of nitrogens with zero attached hydrogens (tertiary/aromatic N) is 1. The number of hydrogen-bond acceptors (Lipinski definition) is 4. The third kappa shape index (κ3) is 2.08. The smallest absolute Gasteiger partial charge is 0.231 e. The van der Waals surface area contributed by atoms with E-state index in [9.17, 15) is 9.59 Å². The number of carbonyl (C=O) groups excluding carboxylic acids is 2. The Bertz CT molecular complexity index is 1150. The summed E-state index contributed by atoms with van der Waals surface area (Å²) in [5.41, 5.74) is 4.10. The molecule has 1 fully saturated rings. The van der Waals surface area contributed by atoms with Crippen LogP contribution in [0.3, 0.4) is 0 Å². The highest BCUT2D eigenvalue weighted by Gasteiger charge is 2.46. The van der Waals surface area contributed by atoms with Gasteiger partial charge in [0, 0.05) is 35.4 Å². The number of hydrogen-bond donors (Lipinski definition) is 1. The summed E-state index contributed by atoms with van der Waals surface area (Å²) in [6, 6.07) is 13.5. The maximum Gasteiger partial charge on any atom is 0.231 e. The Morgan fingerprint density at radius 2 is 1.86 bits per heavy atom. The van der Waals surface area contributed by atoms with Crippen molar-refractivity contribution >= 4 is 22.6 Å². The Kier molecular flexibility index (Phi) is 3.15. The van der Waals surface area contributed by atoms with Gasteiger partial charge in [0.25, 0.3) is 0 Å². The fourth-order valence-electron chi connectivity index (χ4n) is 4.89. The third-order valence-electron chi connectivity index (χ3n) is 6.11. The first-order valence-corrected chi connectivity index (χ1v) is 9.52. The molecule has 3 aliphatic heterocycles. The molecule has 6 heteroatoms. The Morgan fingerprint density at radius 1 is 1.00 bits per heavy atom. The summed E-state index contributed by atoms with van der Waals surface area (Å²) in [5.74, 6) is 1.33. The van der Waals surface area contributed by atoms with Crippen LogP contribution in [0, 0.1) is 0 Å². The second-order valence-corrected chi connectivity index (χ2v) is 7.59. The molecule has 0 radical (unpaired) electrons. The van der Waals surface area contributed by atoms with Gasteiger partial charge in [-0.1, -0.05) is 24.3 Å². The lowest BCUT2D eigenvalue weighted by atomic mass is 9.76. The van der Waals surface area contributed by atoms with Crippen LogP contribution in [0.5, 0.6) is 11.5 Å². The normalized spacial score (nSPS) is 23.1. The monoisotopic (exact) mass is 374 g/mol. The highest BCUT2D eigenvalue weighted by atomic mass is 16.7. The second-order valence-electron chi connectivity index (χ2n) is 7.59. The van der Waals surface area contributed by atoms with Crippen LogP contribution in [-0.2, 0) is 16.1 Å². The molecule has 1 amide bonds. The van der Waals surface area contributed by atoms with Crippen LogP contribution in [0.2, 0.25) is 0 Å². The van der Waals surface area contributed by atoms with Crippen LogP contribution < -0.4 is 9.47 Å². The fraction of sp³-hybridized carbons (Fsp3) is 0.273. The Morgan fingerprint density at radius 3 is 2.79 bits per heavy atom. The first kappa shape index (κ1) is 15.7. The molecule has 28 heavy (non-hydrogen) atoms. The molecular weight excluding hydrogens is 356 g/mol. The molecule has 6 nitrogen and oxygen atoms in total. The average molecular weight is 374 g/mol. The summed E-state index contributed by atoms with van der Waals surface area (Å²) in [7, 11) is 0. The molecule has 1 N–H and O–H groups in total. The van der Waals surface area contributed by atoms with E-state index in [2.05, 4.69) is 11.1 Å². The SMILES string of the molecule is O=C1CCC(=O)N2Cc3[nH]c4ccccc4c3[C@H](c3ccc4c(c3)OCO4)[C@H]12. The van der Waals surface area contributed by atoms with Gasteiger partial charge in [-0.05, 0) is 29.3 Å². The predicted molar refractivity (Wildman–Crippen MR) is 101 cm³/mol. The van der Waals surface area contributed by atoms with E-state index in [-0.39, 0.29) is 24.4 Å². The standard InChI is InChI=1S/C22H18N2O4/c25-16-6-8-19(26)24-10-15-21(13-3-1-2-4-14(13)23-15)20(22(16)24)12-5-7-17-18(9-12)28-11-27-17/h1-5,7,9,20,22-23H,6,8,10-11H2/t20-,22-/m0/s1. The van der Waals surface area contributed by atoms with Crippen molar-refractivity contribution in [3.8, 4) is 11.5 Å². The van der Waals surface area contributed by atoms with Gasteiger partial charge in [-0.2, -0.15) is 0 Å². The zero-order valence-corrected chi connectivity index (χ0v) is 15.1. The zero-order valence-electron chi connectivity index (χ0n) is 15.1. The van der Waals surface area contributed by atoms with E-state index in [0.717, 1.165) is 27.7 Å². The molecule has 3 aromatic rings. The second kappa shape index (κ2) is 5.61. The van der Waals surface area contributed by atoms with Crippen molar-refractivity contribution in [3.63, 3.8) is 0 Å². The van der Waals surface area contributed by atoms with Crippen molar-refractivity contribution in [2.75, 3.05) is 6.79 Å². The predicted octanol–water partition coefficient (Wildman–Crippen LogP) is 3.10. The van der Waals surface area contributed by atoms with Crippen molar-refractivity contribution in [1.82, 2.24) is 9.88 Å². The lowest BCUT2D eigenvalue weighted by Crippen LogP contribution is -2.54. The lowest BCUT2D eigenvalue weighted by Gasteiger charge is -2.43. The molecule has 2 aromatic carbocycles. The minimum atomic E-state index is -0.478. The molecule has 140 valence electrons. The lowest BCUT2D eigenvalue weighted by molar-refractivity contribution is -0.147. The van der Waals surface area contributed by atoms with Crippen molar-refractivity contribution in [2.45, 2.75) is 31.3 Å². The topological polar surface area (TPSA) is 71.6 Å². The van der Waals surface area contributed by atoms with Crippen LogP contribution in [0.15, 0.2) is 42.5 Å². The summed E-state index contributed by atoms with van der Waals surface area (Å²) < 4.78 is 11.0. The van der Waals surface area contributed by atoms with Gasteiger partial charge in [0.05, 0.1) is 6.54 Å². The number of aromatic nitrogens is 1. The van der Waals surface area contributed by atoms with Gasteiger partial charge in [-0.15, -0.1) is 0 Å². The molecule has 0 saturated carbocycles. The number of amides is 1. The van der Waals surface area contributed by atoms with Crippen LogP contribution in [-0.4, -0.2) is 34.4 Å². The molecular formula is C22H18N2O4. The van der Waals surface area contributed by atoms with E-state index < -0.39 is 6.04 Å². The van der Waals surface area contributed by atoms with E-state index >= 15 is 0 Å². The zero-order chi connectivity index (χ0) is 18.8. The van der Waals surface area contributed by atoms with Gasteiger partial charge in [0.15, 0.2) is 17.3 Å². The number of piperidine rings is 1. The van der Waals surface area contributed by atoms with Crippen LogP contribution in [0.1, 0.15) is 35.6 Å². The van der Waals surface area contributed by atoms with Gasteiger partial charge in [0.1, 0.15) is 6.04 Å². The maximum absolute atomic E-state index is 13.0. The van der Waals surface area contributed by atoms with Gasteiger partial charge >= 0.3 is 0 Å². The highest BCUT2D eigenvalue weighted by molar-refractivity contribution is 5.98. The van der Waals surface area contributed by atoms with Crippen molar-refractivity contribution in [3.05, 3.63) is 59.3 Å². The minimum Gasteiger partial charge on any atom is -0.454 e. The Labute approximate surface area is 161 Å². The van der Waals surface area contributed by atoms with E-state index in [1.54, 1.807) is 4.90 Å². The summed E-state index contributed by atoms with van der Waals surface area (Å²) in [5, 5.41) is 1.10. The largest absolute Gasteiger partial charge is 0.454 e. The number of Topliss-reactive ketones (excluding diaryl/α,β-unsaturated/α-hetero) is 1. The molecule has 4 heterocycles. The van der Waals surface area contributed by atoms with Crippen LogP contribution >= 0.6 is 0 Å². The number of carbonyl (C=O) groups is 2. The number of ketones is 1. The third-order valence-corrected chi connectivity index (χ3v) is 6.11. The van der Waals surface area contributed by atoms with Crippen LogP contribution in [0.25, 0.3) is 10.9 Å². The summed E-state index contributed by atoms with van der Waals surface area (Å²) >= 11 is 0. The molecule has 0 bridgehead atoms. The number of benzene rings is 2. The number of rotatable bonds is 1. The number of nitrogens with one attached hydrogen (secondary N) is 1. The van der Waals surface area contributed by atoms with E-state index in [4.69, 9.17) is 9.47 Å². The maximum atomic E-state index is 13.0. The molecule has 6 rings (SSSR count). The van der Waals surface area contributed by atoms with Gasteiger partial charge < -0.3 is 19.4 Å². The van der Waals surface area contributed by atoms with Crippen LogP contribution in [0.4, 0.5) is 0 Å². The van der Waals surface area contributed by atoms with Crippen molar-refractivity contribution in [2.24, 2.45) is 0 Å². The highest BCUT2D eigenvalue weighted by Crippen LogP contribution is 2.46. The summed E-state index contributed by atoms with van der Waals surface area (Å²) in [6.45, 7) is 0.648. The molecule has 1 aromatic heterocycles. The number of aromatic amines is 1. The number of H-pyrrole nitrogens is 1. The molecule has 2 atom stereocenters. The summed E-state index contributed by atoms with van der Waals surface area (Å²) in [6.07, 6.45) is 0.595. The minimum absolute atomic E-state index is 0.0413. The first-order valence-electron chi connectivity index (χ1n) is 9.52. The number of fused-ring (bicyclic) bond motifs is 5. The molecule has 3 aliphatic rings. The average Bonchev–Trinajstić information content (AvgIpc) is 3.33.